The summed E-state index contributed by atoms with van der Waals surface area (Å²) in [6.07, 6.45) is 1.07. The van der Waals surface area contributed by atoms with Crippen LogP contribution in [0.4, 0.5) is 0 Å². The molecule has 1 aromatic heterocycles. The van der Waals surface area contributed by atoms with E-state index in [1.165, 1.54) is 15.6 Å². The quantitative estimate of drug-likeness (QED) is 0.846. The normalized spacial score (nSPS) is 16.5. The lowest BCUT2D eigenvalue weighted by Crippen LogP contribution is -2.42. The van der Waals surface area contributed by atoms with Gasteiger partial charge in [0.2, 0.25) is 15.9 Å². The highest BCUT2D eigenvalue weighted by Gasteiger charge is 2.32. The van der Waals surface area contributed by atoms with E-state index in [9.17, 15) is 13.2 Å². The van der Waals surface area contributed by atoms with E-state index in [2.05, 4.69) is 10.3 Å². The molecule has 1 amide bonds. The highest BCUT2D eigenvalue weighted by molar-refractivity contribution is 7.89. The van der Waals surface area contributed by atoms with Gasteiger partial charge in [-0.3, -0.25) is 4.79 Å². The molecule has 0 bridgehead atoms. The molecular formula is C18H23N3O3S2. The average Bonchev–Trinajstić information content (AvgIpc) is 3.15. The van der Waals surface area contributed by atoms with Crippen molar-refractivity contribution in [1.29, 1.82) is 0 Å². The van der Waals surface area contributed by atoms with Crippen molar-refractivity contribution in [2.45, 2.75) is 38.1 Å². The number of rotatable bonds is 5. The molecule has 1 aromatic carbocycles. The molecule has 0 aliphatic carbocycles. The Morgan fingerprint density at radius 2 is 2.00 bits per heavy atom. The van der Waals surface area contributed by atoms with Gasteiger partial charge in [-0.1, -0.05) is 6.07 Å². The summed E-state index contributed by atoms with van der Waals surface area (Å²) in [5, 5.41) is 4.79. The monoisotopic (exact) mass is 393 g/mol. The SMILES string of the molecule is Cc1ccc(S(=O)(=O)N2CCC(C(=O)NCc3cscn3)CC2)cc1C. The Hall–Kier alpha value is -1.77. The Labute approximate surface area is 158 Å². The average molecular weight is 394 g/mol. The second kappa shape index (κ2) is 7.85. The maximum absolute atomic E-state index is 12.8. The lowest BCUT2D eigenvalue weighted by Gasteiger charge is -2.30. The summed E-state index contributed by atoms with van der Waals surface area (Å²) in [5.41, 5.74) is 4.61. The van der Waals surface area contributed by atoms with Crippen molar-refractivity contribution in [2.75, 3.05) is 13.1 Å². The minimum absolute atomic E-state index is 0.0266. The standard InChI is InChI=1S/C18H23N3O3S2/c1-13-3-4-17(9-14(13)2)26(23,24)21-7-5-15(6-8-21)18(22)19-10-16-11-25-12-20-16/h3-4,9,11-12,15H,5-8,10H2,1-2H3,(H,19,22). The number of thiazole rings is 1. The molecule has 26 heavy (non-hydrogen) atoms. The van der Waals surface area contributed by atoms with Crippen molar-refractivity contribution in [2.24, 2.45) is 5.92 Å². The van der Waals surface area contributed by atoms with E-state index >= 15 is 0 Å². The zero-order valence-corrected chi connectivity index (χ0v) is 16.6. The van der Waals surface area contributed by atoms with E-state index < -0.39 is 10.0 Å². The van der Waals surface area contributed by atoms with Gasteiger partial charge >= 0.3 is 0 Å². The number of carbonyl (C=O) groups is 1. The van der Waals surface area contributed by atoms with Gasteiger partial charge in [-0.2, -0.15) is 4.31 Å². The Bertz CT molecular complexity index is 871. The van der Waals surface area contributed by atoms with Crippen LogP contribution in [0.5, 0.6) is 0 Å². The highest BCUT2D eigenvalue weighted by Crippen LogP contribution is 2.25. The van der Waals surface area contributed by atoms with Gasteiger partial charge in [-0.05, 0) is 49.9 Å². The molecule has 1 saturated heterocycles. The highest BCUT2D eigenvalue weighted by atomic mass is 32.2. The number of carbonyl (C=O) groups excluding carboxylic acids is 1. The van der Waals surface area contributed by atoms with Crippen LogP contribution in [0.3, 0.4) is 0 Å². The summed E-state index contributed by atoms with van der Waals surface area (Å²) in [7, 11) is -3.51. The number of benzene rings is 1. The number of hydrogen-bond donors (Lipinski definition) is 1. The van der Waals surface area contributed by atoms with Crippen molar-refractivity contribution in [1.82, 2.24) is 14.6 Å². The second-order valence-electron chi connectivity index (χ2n) is 6.62. The van der Waals surface area contributed by atoms with E-state index in [1.807, 2.05) is 25.3 Å². The van der Waals surface area contributed by atoms with Crippen LogP contribution in [0, 0.1) is 19.8 Å². The molecule has 0 saturated carbocycles. The van der Waals surface area contributed by atoms with Gasteiger partial charge in [0.15, 0.2) is 0 Å². The van der Waals surface area contributed by atoms with E-state index in [0.717, 1.165) is 16.8 Å². The van der Waals surface area contributed by atoms with Crippen LogP contribution in [-0.2, 0) is 21.4 Å². The molecule has 2 heterocycles. The van der Waals surface area contributed by atoms with E-state index in [1.54, 1.807) is 17.6 Å². The Morgan fingerprint density at radius 1 is 1.27 bits per heavy atom. The number of piperidine rings is 1. The maximum atomic E-state index is 12.8. The van der Waals surface area contributed by atoms with Gasteiger partial charge in [0.1, 0.15) is 0 Å². The van der Waals surface area contributed by atoms with Crippen molar-refractivity contribution in [3.05, 3.63) is 45.9 Å². The molecule has 0 radical (unpaired) electrons. The number of hydrogen-bond acceptors (Lipinski definition) is 5. The fourth-order valence-electron chi connectivity index (χ4n) is 3.03. The fraction of sp³-hybridized carbons (Fsp3) is 0.444. The first-order valence-corrected chi connectivity index (χ1v) is 11.0. The molecule has 1 aliphatic heterocycles. The second-order valence-corrected chi connectivity index (χ2v) is 9.28. The third-order valence-electron chi connectivity index (χ3n) is 4.87. The molecule has 0 spiro atoms. The van der Waals surface area contributed by atoms with E-state index in [4.69, 9.17) is 0 Å². The summed E-state index contributed by atoms with van der Waals surface area (Å²) < 4.78 is 27.1. The number of nitrogens with zero attached hydrogens (tertiary/aromatic N) is 2. The third-order valence-corrected chi connectivity index (χ3v) is 7.40. The number of sulfonamides is 1. The Kier molecular flexibility index (Phi) is 5.74. The first kappa shape index (κ1) is 19.0. The topological polar surface area (TPSA) is 79.4 Å². The summed E-state index contributed by atoms with van der Waals surface area (Å²) in [6.45, 7) is 5.02. The van der Waals surface area contributed by atoms with Gasteiger partial charge in [0.05, 0.1) is 22.6 Å². The van der Waals surface area contributed by atoms with Gasteiger partial charge < -0.3 is 5.32 Å². The van der Waals surface area contributed by atoms with Crippen LogP contribution in [-0.4, -0.2) is 36.7 Å². The van der Waals surface area contributed by atoms with Gasteiger partial charge in [0, 0.05) is 24.4 Å². The van der Waals surface area contributed by atoms with Crippen LogP contribution in [0.25, 0.3) is 0 Å². The molecular weight excluding hydrogens is 370 g/mol. The number of aryl methyl sites for hydroxylation is 2. The van der Waals surface area contributed by atoms with Gasteiger partial charge in [-0.25, -0.2) is 13.4 Å². The Morgan fingerprint density at radius 3 is 2.62 bits per heavy atom. The van der Waals surface area contributed by atoms with Crippen LogP contribution in [0.15, 0.2) is 34.0 Å². The first-order valence-electron chi connectivity index (χ1n) is 8.60. The Balaban J connectivity index is 1.58. The number of amides is 1. The minimum Gasteiger partial charge on any atom is -0.350 e. The minimum atomic E-state index is -3.51. The van der Waals surface area contributed by atoms with Crippen molar-refractivity contribution in [3.8, 4) is 0 Å². The van der Waals surface area contributed by atoms with Gasteiger partial charge in [0.25, 0.3) is 0 Å². The first-order chi connectivity index (χ1) is 12.4. The smallest absolute Gasteiger partial charge is 0.243 e. The lowest BCUT2D eigenvalue weighted by atomic mass is 9.97. The predicted molar refractivity (Wildman–Crippen MR) is 101 cm³/mol. The molecule has 2 aromatic rings. The molecule has 1 aliphatic rings. The van der Waals surface area contributed by atoms with Crippen molar-refractivity contribution >= 4 is 27.3 Å². The largest absolute Gasteiger partial charge is 0.350 e. The van der Waals surface area contributed by atoms with Crippen molar-refractivity contribution < 1.29 is 13.2 Å². The zero-order valence-electron chi connectivity index (χ0n) is 14.9. The molecule has 0 unspecified atom stereocenters. The molecule has 3 rings (SSSR count). The number of nitrogens with one attached hydrogen (secondary N) is 1. The predicted octanol–water partition coefficient (Wildman–Crippen LogP) is 2.48. The summed E-state index contributed by atoms with van der Waals surface area (Å²) >= 11 is 1.49. The number of aromatic nitrogens is 1. The van der Waals surface area contributed by atoms with Crippen LogP contribution in [0.1, 0.15) is 29.7 Å². The van der Waals surface area contributed by atoms with Crippen LogP contribution in [0.2, 0.25) is 0 Å². The maximum Gasteiger partial charge on any atom is 0.243 e. The summed E-state index contributed by atoms with van der Waals surface area (Å²) in [6, 6.07) is 5.21. The molecule has 0 atom stereocenters. The zero-order chi connectivity index (χ0) is 18.7. The molecule has 140 valence electrons. The lowest BCUT2D eigenvalue weighted by molar-refractivity contribution is -0.126. The fourth-order valence-corrected chi connectivity index (χ4v) is 5.14. The summed E-state index contributed by atoms with van der Waals surface area (Å²) in [5.74, 6) is -0.180. The van der Waals surface area contributed by atoms with E-state index in [-0.39, 0.29) is 11.8 Å². The third kappa shape index (κ3) is 4.13. The van der Waals surface area contributed by atoms with Crippen LogP contribution < -0.4 is 5.32 Å². The molecule has 6 nitrogen and oxygen atoms in total. The van der Waals surface area contributed by atoms with Gasteiger partial charge in [-0.15, -0.1) is 11.3 Å². The molecule has 1 fully saturated rings. The van der Waals surface area contributed by atoms with E-state index in [0.29, 0.717) is 37.4 Å². The summed E-state index contributed by atoms with van der Waals surface area (Å²) in [4.78, 5) is 16.8. The molecule has 1 N–H and O–H groups in total. The van der Waals surface area contributed by atoms with Crippen molar-refractivity contribution in [3.63, 3.8) is 0 Å². The molecule has 8 heteroatoms. The van der Waals surface area contributed by atoms with Crippen LogP contribution >= 0.6 is 11.3 Å².